The van der Waals surface area contributed by atoms with E-state index in [0.717, 1.165) is 11.1 Å². The third-order valence-electron chi connectivity index (χ3n) is 4.06. The number of hydrogen-bond donors (Lipinski definition) is 1. The van der Waals surface area contributed by atoms with Crippen molar-refractivity contribution in [1.82, 2.24) is 0 Å². The summed E-state index contributed by atoms with van der Waals surface area (Å²) in [6.07, 6.45) is -1.43. The molecule has 27 heavy (non-hydrogen) atoms. The Labute approximate surface area is 156 Å². The van der Waals surface area contributed by atoms with E-state index in [1.165, 1.54) is 6.07 Å². The Morgan fingerprint density at radius 3 is 2.15 bits per heavy atom. The molecule has 0 spiro atoms. The van der Waals surface area contributed by atoms with E-state index in [9.17, 15) is 9.59 Å². The molecular weight excluding hydrogens is 348 g/mol. The Balaban J connectivity index is 1.65. The lowest BCUT2D eigenvalue weighted by Crippen LogP contribution is -2.01. The minimum atomic E-state index is -1.43. The molecule has 1 aromatic heterocycles. The van der Waals surface area contributed by atoms with Gasteiger partial charge < -0.3 is 19.0 Å². The molecule has 0 saturated carbocycles. The first-order chi connectivity index (χ1) is 12.9. The molecule has 3 aromatic rings. The SMILES string of the molecule is CC(=O)c1ccc(-c2ccc(OCc3cc(OC(=O)O)oc3C)cc2)cc1. The van der Waals surface area contributed by atoms with Crippen LogP contribution in [0.3, 0.4) is 0 Å². The summed E-state index contributed by atoms with van der Waals surface area (Å²) in [4.78, 5) is 21.9. The summed E-state index contributed by atoms with van der Waals surface area (Å²) in [6.45, 7) is 3.48. The molecule has 6 heteroatoms. The number of ether oxygens (including phenoxy) is 2. The zero-order chi connectivity index (χ0) is 19.4. The minimum absolute atomic E-state index is 0.0387. The highest BCUT2D eigenvalue weighted by atomic mass is 16.7. The van der Waals surface area contributed by atoms with Crippen LogP contribution < -0.4 is 9.47 Å². The number of benzene rings is 2. The van der Waals surface area contributed by atoms with Crippen LogP contribution >= 0.6 is 0 Å². The van der Waals surface area contributed by atoms with Crippen molar-refractivity contribution in [2.75, 3.05) is 0 Å². The third-order valence-corrected chi connectivity index (χ3v) is 4.06. The molecule has 3 rings (SSSR count). The molecule has 6 nitrogen and oxygen atoms in total. The van der Waals surface area contributed by atoms with Crippen molar-refractivity contribution >= 4 is 11.9 Å². The fraction of sp³-hybridized carbons (Fsp3) is 0.143. The number of hydrogen-bond acceptors (Lipinski definition) is 5. The summed E-state index contributed by atoms with van der Waals surface area (Å²) in [5.41, 5.74) is 3.40. The van der Waals surface area contributed by atoms with E-state index in [0.29, 0.717) is 22.6 Å². The molecule has 2 aromatic carbocycles. The zero-order valence-electron chi connectivity index (χ0n) is 14.9. The van der Waals surface area contributed by atoms with Crippen LogP contribution in [0.25, 0.3) is 11.1 Å². The summed E-state index contributed by atoms with van der Waals surface area (Å²) in [6, 6.07) is 16.5. The second-order valence-electron chi connectivity index (χ2n) is 5.96. The van der Waals surface area contributed by atoms with Crippen LogP contribution in [-0.4, -0.2) is 17.0 Å². The smallest absolute Gasteiger partial charge is 0.489 e. The van der Waals surface area contributed by atoms with Crippen LogP contribution in [0.5, 0.6) is 11.7 Å². The summed E-state index contributed by atoms with van der Waals surface area (Å²) >= 11 is 0. The molecule has 0 fully saturated rings. The van der Waals surface area contributed by atoms with E-state index in [2.05, 4.69) is 4.74 Å². The van der Waals surface area contributed by atoms with Crippen molar-refractivity contribution in [1.29, 1.82) is 0 Å². The maximum Gasteiger partial charge on any atom is 0.513 e. The molecule has 0 saturated heterocycles. The standard InChI is InChI=1S/C21H18O6/c1-13(22)15-3-5-16(6-4-15)17-7-9-19(10-8-17)25-12-18-11-20(26-14(18)2)27-21(23)24/h3-11H,12H2,1-2H3,(H,23,24). The molecule has 0 unspecified atom stereocenters. The molecule has 0 amide bonds. The molecule has 0 radical (unpaired) electrons. The number of ketones is 1. The molecule has 0 atom stereocenters. The first-order valence-corrected chi connectivity index (χ1v) is 8.26. The average Bonchev–Trinajstić information content (AvgIpc) is 2.99. The lowest BCUT2D eigenvalue weighted by molar-refractivity contribution is 0.101. The number of Topliss-reactive ketones (excluding diaryl/α,β-unsaturated/α-hetero) is 1. The Morgan fingerprint density at radius 1 is 1.00 bits per heavy atom. The van der Waals surface area contributed by atoms with Crippen molar-refractivity contribution in [3.63, 3.8) is 0 Å². The number of rotatable bonds is 6. The zero-order valence-corrected chi connectivity index (χ0v) is 14.9. The predicted octanol–water partition coefficient (Wildman–Crippen LogP) is 5.09. The molecule has 0 aliphatic rings. The van der Waals surface area contributed by atoms with Crippen molar-refractivity contribution in [3.8, 4) is 22.8 Å². The van der Waals surface area contributed by atoms with Gasteiger partial charge in [0, 0.05) is 17.2 Å². The van der Waals surface area contributed by atoms with Gasteiger partial charge in [0.1, 0.15) is 18.1 Å². The van der Waals surface area contributed by atoms with Gasteiger partial charge >= 0.3 is 6.16 Å². The van der Waals surface area contributed by atoms with Crippen LogP contribution in [0.1, 0.15) is 28.6 Å². The number of furan rings is 1. The second-order valence-corrected chi connectivity index (χ2v) is 5.96. The number of carbonyl (C=O) groups excluding carboxylic acids is 1. The maximum absolute atomic E-state index is 11.3. The maximum atomic E-state index is 11.3. The van der Waals surface area contributed by atoms with Crippen molar-refractivity contribution in [3.05, 3.63) is 71.5 Å². The van der Waals surface area contributed by atoms with Gasteiger partial charge in [-0.3, -0.25) is 4.79 Å². The molecule has 1 N–H and O–H groups in total. The van der Waals surface area contributed by atoms with E-state index in [4.69, 9.17) is 14.3 Å². The van der Waals surface area contributed by atoms with Crippen LogP contribution in [0.4, 0.5) is 4.79 Å². The Hall–Kier alpha value is -3.54. The van der Waals surface area contributed by atoms with E-state index in [1.807, 2.05) is 36.4 Å². The highest BCUT2D eigenvalue weighted by Crippen LogP contribution is 2.25. The fourth-order valence-corrected chi connectivity index (χ4v) is 2.57. The highest BCUT2D eigenvalue weighted by molar-refractivity contribution is 5.94. The molecule has 0 aliphatic heterocycles. The molecule has 138 valence electrons. The molecule has 1 heterocycles. The minimum Gasteiger partial charge on any atom is -0.489 e. The lowest BCUT2D eigenvalue weighted by atomic mass is 10.0. The Bertz CT molecular complexity index is 951. The van der Waals surface area contributed by atoms with E-state index in [-0.39, 0.29) is 18.3 Å². The van der Waals surface area contributed by atoms with Gasteiger partial charge in [-0.05, 0) is 37.1 Å². The summed E-state index contributed by atoms with van der Waals surface area (Å²) in [5, 5.41) is 8.61. The fourth-order valence-electron chi connectivity index (χ4n) is 2.57. The van der Waals surface area contributed by atoms with E-state index in [1.54, 1.807) is 26.0 Å². The summed E-state index contributed by atoms with van der Waals surface area (Å²) in [5.74, 6) is 1.16. The number of carbonyl (C=O) groups is 2. The van der Waals surface area contributed by atoms with Gasteiger partial charge in [-0.1, -0.05) is 36.4 Å². The van der Waals surface area contributed by atoms with Gasteiger partial charge in [-0.15, -0.1) is 0 Å². The lowest BCUT2D eigenvalue weighted by Gasteiger charge is -2.07. The Morgan fingerprint density at radius 2 is 1.59 bits per heavy atom. The third kappa shape index (κ3) is 4.55. The van der Waals surface area contributed by atoms with Gasteiger partial charge in [0.05, 0.1) is 0 Å². The van der Waals surface area contributed by atoms with Gasteiger partial charge in [0.15, 0.2) is 5.78 Å². The Kier molecular flexibility index (Phi) is 5.26. The van der Waals surface area contributed by atoms with Crippen LogP contribution in [-0.2, 0) is 6.61 Å². The molecule has 0 bridgehead atoms. The summed E-state index contributed by atoms with van der Waals surface area (Å²) < 4.78 is 15.4. The van der Waals surface area contributed by atoms with Crippen LogP contribution in [0.2, 0.25) is 0 Å². The number of aryl methyl sites for hydroxylation is 1. The van der Waals surface area contributed by atoms with Gasteiger partial charge in [0.2, 0.25) is 0 Å². The van der Waals surface area contributed by atoms with Crippen molar-refractivity contribution in [2.24, 2.45) is 0 Å². The number of carboxylic acid groups (broad SMARTS) is 1. The largest absolute Gasteiger partial charge is 0.513 e. The normalized spacial score (nSPS) is 10.4. The average molecular weight is 366 g/mol. The molecule has 0 aliphatic carbocycles. The van der Waals surface area contributed by atoms with Gasteiger partial charge in [-0.2, -0.15) is 0 Å². The predicted molar refractivity (Wildman–Crippen MR) is 98.3 cm³/mol. The topological polar surface area (TPSA) is 86.0 Å². The van der Waals surface area contributed by atoms with Gasteiger partial charge in [0.25, 0.3) is 5.95 Å². The van der Waals surface area contributed by atoms with Crippen LogP contribution in [0, 0.1) is 6.92 Å². The van der Waals surface area contributed by atoms with E-state index < -0.39 is 6.16 Å². The monoisotopic (exact) mass is 366 g/mol. The molecular formula is C21H18O6. The second kappa shape index (κ2) is 7.78. The first kappa shape index (κ1) is 18.3. The van der Waals surface area contributed by atoms with Crippen LogP contribution in [0.15, 0.2) is 59.0 Å². The first-order valence-electron chi connectivity index (χ1n) is 8.26. The van der Waals surface area contributed by atoms with Crippen molar-refractivity contribution in [2.45, 2.75) is 20.5 Å². The van der Waals surface area contributed by atoms with Crippen molar-refractivity contribution < 1.29 is 28.6 Å². The highest BCUT2D eigenvalue weighted by Gasteiger charge is 2.12. The quantitative estimate of drug-likeness (QED) is 0.483. The summed E-state index contributed by atoms with van der Waals surface area (Å²) in [7, 11) is 0. The van der Waals surface area contributed by atoms with Gasteiger partial charge in [-0.25, -0.2) is 4.79 Å². The van der Waals surface area contributed by atoms with E-state index >= 15 is 0 Å².